The Balaban J connectivity index is 2.33. The van der Waals surface area contributed by atoms with Gasteiger partial charge in [-0.05, 0) is 0 Å². The van der Waals surface area contributed by atoms with E-state index in [0.29, 0.717) is 0 Å². The van der Waals surface area contributed by atoms with Crippen LogP contribution in [0, 0.1) is 0 Å². The van der Waals surface area contributed by atoms with Crippen LogP contribution < -0.4 is 5.32 Å². The fraction of sp³-hybridized carbons (Fsp3) is 1.00. The van der Waals surface area contributed by atoms with Crippen molar-refractivity contribution >= 4 is 15.9 Å². The number of hydrogen-bond donors (Lipinski definition) is 2. The third-order valence-electron chi connectivity index (χ3n) is 1.11. The van der Waals surface area contributed by atoms with Crippen molar-refractivity contribution in [2.24, 2.45) is 0 Å². The van der Waals surface area contributed by atoms with Gasteiger partial charge in [0.2, 0.25) is 0 Å². The molecule has 7 heavy (non-hydrogen) atoms. The molecule has 0 saturated carbocycles. The topological polar surface area (TPSA) is 32.3 Å². The lowest BCUT2D eigenvalue weighted by Crippen LogP contribution is -2.16. The van der Waals surface area contributed by atoms with Crippen LogP contribution in [0.3, 0.4) is 0 Å². The standard InChI is InChI=1S/C4H8BrNO/c5-3-1-6-2-4(3)7/h3-4,6-7H,1-2H2/t3-,4-/m1/s1. The second kappa shape index (κ2) is 2.11. The van der Waals surface area contributed by atoms with Crippen molar-refractivity contribution in [2.45, 2.75) is 10.9 Å². The van der Waals surface area contributed by atoms with Gasteiger partial charge in [0.25, 0.3) is 0 Å². The highest BCUT2D eigenvalue weighted by molar-refractivity contribution is 9.09. The van der Waals surface area contributed by atoms with Gasteiger partial charge in [-0.3, -0.25) is 0 Å². The molecule has 1 aliphatic heterocycles. The first-order chi connectivity index (χ1) is 3.30. The molecular weight excluding hydrogens is 158 g/mol. The molecule has 2 N–H and O–H groups in total. The number of alkyl halides is 1. The molecule has 0 amide bonds. The molecule has 1 fully saturated rings. The average molecular weight is 166 g/mol. The van der Waals surface area contributed by atoms with Crippen LogP contribution in [-0.4, -0.2) is 29.1 Å². The summed E-state index contributed by atoms with van der Waals surface area (Å²) in [4.78, 5) is 0.271. The molecule has 0 radical (unpaired) electrons. The molecular formula is C4H8BrNO. The van der Waals surface area contributed by atoms with Crippen LogP contribution in [0.1, 0.15) is 0 Å². The van der Waals surface area contributed by atoms with E-state index in [1.807, 2.05) is 0 Å². The molecule has 0 aromatic heterocycles. The Morgan fingerprint density at radius 3 is 2.43 bits per heavy atom. The van der Waals surface area contributed by atoms with E-state index in [-0.39, 0.29) is 10.9 Å². The van der Waals surface area contributed by atoms with E-state index >= 15 is 0 Å². The summed E-state index contributed by atoms with van der Waals surface area (Å²) in [6.07, 6.45) is -0.181. The van der Waals surface area contributed by atoms with Crippen molar-refractivity contribution in [1.29, 1.82) is 0 Å². The van der Waals surface area contributed by atoms with Crippen LogP contribution in [0.25, 0.3) is 0 Å². The van der Waals surface area contributed by atoms with Crippen LogP contribution in [0.15, 0.2) is 0 Å². The third kappa shape index (κ3) is 1.15. The molecule has 0 aromatic carbocycles. The minimum atomic E-state index is -0.181. The number of aliphatic hydroxyl groups is 1. The van der Waals surface area contributed by atoms with Gasteiger partial charge in [-0.15, -0.1) is 0 Å². The first kappa shape index (κ1) is 5.54. The van der Waals surface area contributed by atoms with Gasteiger partial charge < -0.3 is 10.4 Å². The van der Waals surface area contributed by atoms with Crippen LogP contribution in [-0.2, 0) is 0 Å². The average Bonchev–Trinajstić information content (AvgIpc) is 1.91. The minimum absolute atomic E-state index is 0.181. The monoisotopic (exact) mass is 165 g/mol. The third-order valence-corrected chi connectivity index (χ3v) is 2.04. The molecule has 0 aliphatic carbocycles. The molecule has 2 nitrogen and oxygen atoms in total. The predicted molar refractivity (Wildman–Crippen MR) is 31.6 cm³/mol. The maximum atomic E-state index is 8.89. The molecule has 3 heteroatoms. The summed E-state index contributed by atoms with van der Waals surface area (Å²) >= 11 is 3.29. The molecule has 0 spiro atoms. The maximum absolute atomic E-state index is 8.89. The zero-order valence-electron chi connectivity index (χ0n) is 3.89. The fourth-order valence-corrected chi connectivity index (χ4v) is 1.05. The van der Waals surface area contributed by atoms with Crippen LogP contribution in [0.2, 0.25) is 0 Å². The summed E-state index contributed by atoms with van der Waals surface area (Å²) in [6, 6.07) is 0. The van der Waals surface area contributed by atoms with E-state index in [1.54, 1.807) is 0 Å². The smallest absolute Gasteiger partial charge is 0.0801 e. The zero-order valence-corrected chi connectivity index (χ0v) is 5.48. The lowest BCUT2D eigenvalue weighted by Gasteiger charge is -2.00. The minimum Gasteiger partial charge on any atom is -0.391 e. The number of hydrogen-bond acceptors (Lipinski definition) is 2. The van der Waals surface area contributed by atoms with Gasteiger partial charge >= 0.3 is 0 Å². The van der Waals surface area contributed by atoms with Gasteiger partial charge in [0.1, 0.15) is 0 Å². The van der Waals surface area contributed by atoms with Crippen molar-refractivity contribution < 1.29 is 5.11 Å². The molecule has 1 aliphatic rings. The Bertz CT molecular complexity index is 60.7. The van der Waals surface area contributed by atoms with Crippen molar-refractivity contribution in [3.8, 4) is 0 Å². The van der Waals surface area contributed by atoms with Crippen molar-refractivity contribution in [1.82, 2.24) is 5.32 Å². The van der Waals surface area contributed by atoms with Crippen LogP contribution in [0.4, 0.5) is 0 Å². The predicted octanol–water partition coefficient (Wildman–Crippen LogP) is -0.286. The van der Waals surface area contributed by atoms with Crippen molar-refractivity contribution in [3.05, 3.63) is 0 Å². The zero-order chi connectivity index (χ0) is 5.28. The summed E-state index contributed by atoms with van der Waals surface area (Å²) in [7, 11) is 0. The fourth-order valence-electron chi connectivity index (χ4n) is 0.633. The molecule has 1 rings (SSSR count). The van der Waals surface area contributed by atoms with Crippen LogP contribution in [0.5, 0.6) is 0 Å². The highest BCUT2D eigenvalue weighted by atomic mass is 79.9. The molecule has 42 valence electrons. The number of halogens is 1. The van der Waals surface area contributed by atoms with E-state index in [2.05, 4.69) is 21.2 Å². The van der Waals surface area contributed by atoms with Gasteiger partial charge in [0, 0.05) is 13.1 Å². The van der Waals surface area contributed by atoms with Gasteiger partial charge in [0.05, 0.1) is 10.9 Å². The molecule has 1 heterocycles. The normalized spacial score (nSPS) is 42.0. The summed E-state index contributed by atoms with van der Waals surface area (Å²) in [6.45, 7) is 1.62. The van der Waals surface area contributed by atoms with Crippen molar-refractivity contribution in [3.63, 3.8) is 0 Å². The lowest BCUT2D eigenvalue weighted by molar-refractivity contribution is 0.202. The summed E-state index contributed by atoms with van der Waals surface area (Å²) in [5.74, 6) is 0. The maximum Gasteiger partial charge on any atom is 0.0801 e. The first-order valence-electron chi connectivity index (χ1n) is 2.33. The number of nitrogens with one attached hydrogen (secondary N) is 1. The molecule has 0 aromatic rings. The van der Waals surface area contributed by atoms with Gasteiger partial charge in [0.15, 0.2) is 0 Å². The van der Waals surface area contributed by atoms with Gasteiger partial charge in [-0.2, -0.15) is 0 Å². The van der Waals surface area contributed by atoms with E-state index in [9.17, 15) is 0 Å². The summed E-state index contributed by atoms with van der Waals surface area (Å²) < 4.78 is 0. The second-order valence-electron chi connectivity index (χ2n) is 1.74. The molecule has 0 bridgehead atoms. The Morgan fingerprint density at radius 1 is 1.57 bits per heavy atom. The summed E-state index contributed by atoms with van der Waals surface area (Å²) in [5, 5.41) is 11.9. The number of β-amino-alcohol motifs (C(OH)–C–C–N with tert-alkyl or cyclic N) is 1. The Labute approximate surface area is 51.0 Å². The Hall–Kier alpha value is 0.400. The molecule has 2 atom stereocenters. The van der Waals surface area contributed by atoms with E-state index in [1.165, 1.54) is 0 Å². The van der Waals surface area contributed by atoms with Gasteiger partial charge in [-0.25, -0.2) is 0 Å². The van der Waals surface area contributed by atoms with E-state index < -0.39 is 0 Å². The highest BCUT2D eigenvalue weighted by Gasteiger charge is 2.20. The Kier molecular flexibility index (Phi) is 1.67. The lowest BCUT2D eigenvalue weighted by atomic mass is 10.3. The van der Waals surface area contributed by atoms with Gasteiger partial charge in [-0.1, -0.05) is 15.9 Å². The number of rotatable bonds is 0. The molecule has 1 saturated heterocycles. The van der Waals surface area contributed by atoms with Crippen LogP contribution >= 0.6 is 15.9 Å². The number of aliphatic hydroxyl groups excluding tert-OH is 1. The van der Waals surface area contributed by atoms with E-state index in [4.69, 9.17) is 5.11 Å². The van der Waals surface area contributed by atoms with Crippen molar-refractivity contribution in [2.75, 3.05) is 13.1 Å². The quantitative estimate of drug-likeness (QED) is 0.485. The molecule has 0 unspecified atom stereocenters. The highest BCUT2D eigenvalue weighted by Crippen LogP contribution is 2.08. The second-order valence-corrected chi connectivity index (χ2v) is 2.92. The first-order valence-corrected chi connectivity index (χ1v) is 3.25. The Morgan fingerprint density at radius 2 is 2.29 bits per heavy atom. The SMILES string of the molecule is O[C@@H]1CNC[C@H]1Br. The summed E-state index contributed by atoms with van der Waals surface area (Å²) in [5.41, 5.74) is 0. The van der Waals surface area contributed by atoms with E-state index in [0.717, 1.165) is 13.1 Å². The largest absolute Gasteiger partial charge is 0.391 e.